The monoisotopic (exact) mass is 568 g/mol. The van der Waals surface area contributed by atoms with Crippen molar-refractivity contribution in [2.75, 3.05) is 22.7 Å². The number of carbonyl (C=O) groups excluding carboxylic acids is 3. The number of hydrogen-bond acceptors (Lipinski definition) is 4. The average molecular weight is 570 g/mol. The zero-order valence-electron chi connectivity index (χ0n) is 19.4. The normalized spacial score (nSPS) is 10.7. The molecule has 4 rings (SSSR count). The molecule has 36 heavy (non-hydrogen) atoms. The van der Waals surface area contributed by atoms with E-state index in [0.29, 0.717) is 44.1 Å². The van der Waals surface area contributed by atoms with Crippen molar-refractivity contribution in [3.8, 4) is 5.75 Å². The van der Waals surface area contributed by atoms with Crippen molar-refractivity contribution in [3.05, 3.63) is 87.5 Å². The Kier molecular flexibility index (Phi) is 7.61. The zero-order valence-corrected chi connectivity index (χ0v) is 21.7. The smallest absolute Gasteiger partial charge is 0.328 e. The van der Waals surface area contributed by atoms with Crippen molar-refractivity contribution >= 4 is 67.5 Å². The van der Waals surface area contributed by atoms with Crippen LogP contribution in [0.2, 0.25) is 5.02 Å². The molecule has 0 aliphatic rings. The van der Waals surface area contributed by atoms with Gasteiger partial charge in [0.05, 0.1) is 23.5 Å². The molecule has 0 saturated carbocycles. The summed E-state index contributed by atoms with van der Waals surface area (Å²) in [5.41, 5.74) is 5.05. The Labute approximate surface area is 220 Å². The van der Waals surface area contributed by atoms with Crippen molar-refractivity contribution in [1.29, 1.82) is 0 Å². The van der Waals surface area contributed by atoms with Gasteiger partial charge in [-0.05, 0) is 83.9 Å². The van der Waals surface area contributed by atoms with Crippen LogP contribution in [-0.4, -0.2) is 29.0 Å². The summed E-state index contributed by atoms with van der Waals surface area (Å²) in [5, 5.41) is 6.45. The topological polar surface area (TPSA) is 101 Å². The summed E-state index contributed by atoms with van der Waals surface area (Å²) in [7, 11) is 0. The van der Waals surface area contributed by atoms with Gasteiger partial charge < -0.3 is 15.4 Å². The van der Waals surface area contributed by atoms with Crippen molar-refractivity contribution in [3.63, 3.8) is 0 Å². The number of aryl methyl sites for hydroxylation is 1. The first-order valence-corrected chi connectivity index (χ1v) is 12.2. The number of amides is 3. The number of carbonyl (C=O) groups is 3. The van der Waals surface area contributed by atoms with E-state index in [9.17, 15) is 14.4 Å². The molecule has 4 aromatic rings. The number of aromatic nitrogens is 1. The van der Waals surface area contributed by atoms with Gasteiger partial charge in [-0.2, -0.15) is 0 Å². The maximum absolute atomic E-state index is 13.2. The van der Waals surface area contributed by atoms with Crippen LogP contribution >= 0.6 is 27.5 Å². The molecule has 0 aliphatic carbocycles. The van der Waals surface area contributed by atoms with E-state index >= 15 is 0 Å². The van der Waals surface area contributed by atoms with Crippen LogP contribution < -0.4 is 20.8 Å². The molecule has 0 saturated heterocycles. The van der Waals surface area contributed by atoms with Gasteiger partial charge in [0.1, 0.15) is 11.4 Å². The number of benzene rings is 3. The maximum Gasteiger partial charge on any atom is 0.328 e. The second kappa shape index (κ2) is 10.8. The lowest BCUT2D eigenvalue weighted by molar-refractivity contribution is -0.133. The molecule has 1 aromatic heterocycles. The van der Waals surface area contributed by atoms with Gasteiger partial charge in [0.25, 0.3) is 5.91 Å². The summed E-state index contributed by atoms with van der Waals surface area (Å²) in [6.07, 6.45) is 0. The van der Waals surface area contributed by atoms with E-state index in [2.05, 4.69) is 32.0 Å². The molecule has 3 N–H and O–H groups in total. The van der Waals surface area contributed by atoms with Crippen LogP contribution in [0.15, 0.2) is 71.2 Å². The van der Waals surface area contributed by atoms with E-state index in [1.165, 1.54) is 4.68 Å². The standard InChI is InChI=1S/C26H22BrClN4O4/c1-3-36-23-7-5-4-6-20(23)30-25(34)26(35)31-32-21-11-9-17(28)13-16(21)14-22(32)24(33)29-19-10-8-15(2)12-18(19)27/h4-14H,3H2,1-2H3,(H,29,33)(H,30,34)(H,31,35). The number of para-hydroxylation sites is 2. The molecule has 0 atom stereocenters. The quantitative estimate of drug-likeness (QED) is 0.258. The number of nitrogens with one attached hydrogen (secondary N) is 3. The third kappa shape index (κ3) is 5.53. The lowest BCUT2D eigenvalue weighted by atomic mass is 10.2. The zero-order chi connectivity index (χ0) is 25.8. The van der Waals surface area contributed by atoms with Crippen LogP contribution in [-0.2, 0) is 9.59 Å². The molecule has 3 aromatic carbocycles. The molecule has 0 radical (unpaired) electrons. The largest absolute Gasteiger partial charge is 0.492 e. The van der Waals surface area contributed by atoms with Crippen LogP contribution in [0.1, 0.15) is 23.0 Å². The Bertz CT molecular complexity index is 1480. The molecule has 3 amide bonds. The van der Waals surface area contributed by atoms with Crippen molar-refractivity contribution in [2.45, 2.75) is 13.8 Å². The number of fused-ring (bicyclic) bond motifs is 1. The van der Waals surface area contributed by atoms with E-state index in [1.54, 1.807) is 54.6 Å². The number of rotatable bonds is 6. The summed E-state index contributed by atoms with van der Waals surface area (Å²) >= 11 is 9.58. The third-order valence-corrected chi connectivity index (χ3v) is 6.11. The van der Waals surface area contributed by atoms with E-state index in [1.807, 2.05) is 26.0 Å². The van der Waals surface area contributed by atoms with E-state index in [4.69, 9.17) is 16.3 Å². The minimum absolute atomic E-state index is 0.107. The number of halogens is 2. The minimum atomic E-state index is -0.973. The molecule has 0 unspecified atom stereocenters. The fourth-order valence-electron chi connectivity index (χ4n) is 3.56. The first-order chi connectivity index (χ1) is 17.3. The Morgan fingerprint density at radius 3 is 2.47 bits per heavy atom. The van der Waals surface area contributed by atoms with Gasteiger partial charge in [-0.3, -0.25) is 19.8 Å². The third-order valence-electron chi connectivity index (χ3n) is 5.22. The fraction of sp³-hybridized carbons (Fsp3) is 0.115. The summed E-state index contributed by atoms with van der Waals surface area (Å²) in [6.45, 7) is 4.15. The minimum Gasteiger partial charge on any atom is -0.492 e. The second-order valence-corrected chi connectivity index (χ2v) is 9.12. The molecular weight excluding hydrogens is 548 g/mol. The van der Waals surface area contributed by atoms with Crippen LogP contribution in [0.3, 0.4) is 0 Å². The first kappa shape index (κ1) is 25.3. The number of hydrogen-bond donors (Lipinski definition) is 3. The maximum atomic E-state index is 13.2. The van der Waals surface area contributed by atoms with Crippen LogP contribution in [0.4, 0.5) is 11.4 Å². The number of anilines is 2. The average Bonchev–Trinajstić information content (AvgIpc) is 3.19. The first-order valence-electron chi connectivity index (χ1n) is 11.0. The molecule has 0 bridgehead atoms. The van der Waals surface area contributed by atoms with Gasteiger partial charge in [-0.25, -0.2) is 4.68 Å². The second-order valence-electron chi connectivity index (χ2n) is 7.83. The molecule has 1 heterocycles. The fourth-order valence-corrected chi connectivity index (χ4v) is 4.34. The van der Waals surface area contributed by atoms with Gasteiger partial charge in [0.15, 0.2) is 0 Å². The lowest BCUT2D eigenvalue weighted by Gasteiger charge is -2.14. The molecule has 8 nitrogen and oxygen atoms in total. The van der Waals surface area contributed by atoms with Crippen LogP contribution in [0.25, 0.3) is 10.9 Å². The highest BCUT2D eigenvalue weighted by molar-refractivity contribution is 9.10. The Morgan fingerprint density at radius 2 is 1.72 bits per heavy atom. The lowest BCUT2D eigenvalue weighted by Crippen LogP contribution is -2.36. The van der Waals surface area contributed by atoms with E-state index in [-0.39, 0.29) is 5.69 Å². The van der Waals surface area contributed by atoms with Crippen molar-refractivity contribution < 1.29 is 19.1 Å². The highest BCUT2D eigenvalue weighted by Crippen LogP contribution is 2.27. The summed E-state index contributed by atoms with van der Waals surface area (Å²) in [4.78, 5) is 38.8. The van der Waals surface area contributed by atoms with Gasteiger partial charge >= 0.3 is 11.8 Å². The SMILES string of the molecule is CCOc1ccccc1NC(=O)C(=O)Nn1c(C(=O)Nc2ccc(C)cc2Br)cc2cc(Cl)ccc21. The highest BCUT2D eigenvalue weighted by Gasteiger charge is 2.22. The summed E-state index contributed by atoms with van der Waals surface area (Å²) in [5.74, 6) is -1.95. The summed E-state index contributed by atoms with van der Waals surface area (Å²) < 4.78 is 7.47. The van der Waals surface area contributed by atoms with Crippen molar-refractivity contribution in [2.24, 2.45) is 0 Å². The molecule has 184 valence electrons. The van der Waals surface area contributed by atoms with Gasteiger partial charge in [0, 0.05) is 14.9 Å². The van der Waals surface area contributed by atoms with Gasteiger partial charge in [-0.15, -0.1) is 0 Å². The Balaban J connectivity index is 1.63. The van der Waals surface area contributed by atoms with Crippen molar-refractivity contribution in [1.82, 2.24) is 4.68 Å². The summed E-state index contributed by atoms with van der Waals surface area (Å²) in [6, 6.07) is 18.8. The Hall–Kier alpha value is -3.82. The molecule has 10 heteroatoms. The van der Waals surface area contributed by atoms with Gasteiger partial charge in [-0.1, -0.05) is 29.8 Å². The van der Waals surface area contributed by atoms with Crippen LogP contribution in [0, 0.1) is 6.92 Å². The molecular formula is C26H22BrClN4O4. The Morgan fingerprint density at radius 1 is 0.944 bits per heavy atom. The van der Waals surface area contributed by atoms with E-state index < -0.39 is 17.7 Å². The predicted molar refractivity (Wildman–Crippen MR) is 144 cm³/mol. The predicted octanol–water partition coefficient (Wildman–Crippen LogP) is 5.73. The highest BCUT2D eigenvalue weighted by atomic mass is 79.9. The number of nitrogens with zero attached hydrogens (tertiary/aromatic N) is 1. The van der Waals surface area contributed by atoms with Crippen LogP contribution in [0.5, 0.6) is 5.75 Å². The number of ether oxygens (including phenoxy) is 1. The van der Waals surface area contributed by atoms with Gasteiger partial charge in [0.2, 0.25) is 0 Å². The molecule has 0 aliphatic heterocycles. The van der Waals surface area contributed by atoms with E-state index in [0.717, 1.165) is 5.56 Å². The molecule has 0 spiro atoms. The molecule has 0 fully saturated rings.